The van der Waals surface area contributed by atoms with Crippen LogP contribution in [0.1, 0.15) is 0 Å². The minimum absolute atomic E-state index is 0. The van der Waals surface area contributed by atoms with Gasteiger partial charge < -0.3 is 11.5 Å². The summed E-state index contributed by atoms with van der Waals surface area (Å²) in [5.41, 5.74) is 8.88. The first kappa shape index (κ1) is 10.3. The molecule has 0 unspecified atom stereocenters. The first-order valence-electron chi connectivity index (χ1n) is 1.49. The second kappa shape index (κ2) is 4.42. The molecule has 0 saturated heterocycles. The van der Waals surface area contributed by atoms with Gasteiger partial charge in [0.05, 0.1) is 0 Å². The van der Waals surface area contributed by atoms with E-state index < -0.39 is 12.1 Å². The zero-order valence-corrected chi connectivity index (χ0v) is 4.93. The fraction of sp³-hybridized carbons (Fsp3) is 0. The van der Waals surface area contributed by atoms with Crippen molar-refractivity contribution in [2.75, 3.05) is 0 Å². The molecule has 4 amide bonds. The van der Waals surface area contributed by atoms with Crippen LogP contribution < -0.4 is 16.8 Å². The molecule has 5 N–H and O–H groups in total. The van der Waals surface area contributed by atoms with E-state index in [-0.39, 0.29) is 17.1 Å². The number of hydrogen-bond donors (Lipinski definition) is 3. The van der Waals surface area contributed by atoms with E-state index >= 15 is 0 Å². The normalized spacial score (nSPS) is 6.50. The van der Waals surface area contributed by atoms with Crippen LogP contribution in [0.15, 0.2) is 0 Å². The molecule has 0 spiro atoms. The topological polar surface area (TPSA) is 98.2 Å². The van der Waals surface area contributed by atoms with Crippen LogP contribution >= 0.6 is 0 Å². The largest absolute Gasteiger partial charge is 0.351 e. The Morgan fingerprint density at radius 2 is 1.38 bits per heavy atom. The Balaban J connectivity index is 0. The van der Waals surface area contributed by atoms with E-state index in [9.17, 15) is 9.59 Å². The SMILES string of the molecule is NC(=O)NC(N)=O.[Fe]. The smallest absolute Gasteiger partial charge is 0.320 e. The molecule has 0 saturated carbocycles. The molecule has 0 aliphatic carbocycles. The zero-order valence-electron chi connectivity index (χ0n) is 3.82. The molecule has 6 heteroatoms. The van der Waals surface area contributed by atoms with Crippen molar-refractivity contribution in [3.8, 4) is 0 Å². The number of urea groups is 2. The molecular formula is C2H5FeN3O2. The van der Waals surface area contributed by atoms with Crippen LogP contribution in [0.5, 0.6) is 0 Å². The van der Waals surface area contributed by atoms with Crippen LogP contribution in [0, 0.1) is 0 Å². The summed E-state index contributed by atoms with van der Waals surface area (Å²) in [5.74, 6) is 0. The molecule has 0 aliphatic heterocycles. The molecule has 0 aromatic carbocycles. The van der Waals surface area contributed by atoms with Crippen LogP contribution in [0.4, 0.5) is 9.59 Å². The van der Waals surface area contributed by atoms with Crippen LogP contribution in [0.25, 0.3) is 0 Å². The first-order chi connectivity index (χ1) is 3.13. The molecule has 5 nitrogen and oxygen atoms in total. The van der Waals surface area contributed by atoms with Gasteiger partial charge in [-0.15, -0.1) is 0 Å². The van der Waals surface area contributed by atoms with E-state index in [4.69, 9.17) is 0 Å². The number of carbonyl (C=O) groups excluding carboxylic acids is 2. The summed E-state index contributed by atoms with van der Waals surface area (Å²) in [6, 6.07) is -1.88. The van der Waals surface area contributed by atoms with Crippen molar-refractivity contribution in [3.05, 3.63) is 0 Å². The van der Waals surface area contributed by atoms with Gasteiger partial charge in [0.25, 0.3) is 0 Å². The van der Waals surface area contributed by atoms with Gasteiger partial charge in [-0.1, -0.05) is 0 Å². The van der Waals surface area contributed by atoms with Gasteiger partial charge in [0.1, 0.15) is 0 Å². The van der Waals surface area contributed by atoms with Crippen LogP contribution in [0.2, 0.25) is 0 Å². The second-order valence-electron chi connectivity index (χ2n) is 0.854. The second-order valence-corrected chi connectivity index (χ2v) is 0.854. The number of amides is 4. The Bertz CT molecular complexity index is 91.5. The van der Waals surface area contributed by atoms with E-state index in [0.717, 1.165) is 0 Å². The quantitative estimate of drug-likeness (QED) is 0.384. The van der Waals surface area contributed by atoms with Crippen molar-refractivity contribution in [2.24, 2.45) is 11.5 Å². The monoisotopic (exact) mass is 159 g/mol. The van der Waals surface area contributed by atoms with Gasteiger partial charge in [-0.2, -0.15) is 0 Å². The third-order valence-corrected chi connectivity index (χ3v) is 0.246. The van der Waals surface area contributed by atoms with Crippen LogP contribution in [0.3, 0.4) is 0 Å². The molecule has 8 heavy (non-hydrogen) atoms. The molecule has 0 fully saturated rings. The van der Waals surface area contributed by atoms with Crippen molar-refractivity contribution in [1.29, 1.82) is 0 Å². The van der Waals surface area contributed by atoms with Gasteiger partial charge in [0.15, 0.2) is 0 Å². The maximum absolute atomic E-state index is 9.62. The van der Waals surface area contributed by atoms with Gasteiger partial charge in [-0.05, 0) is 0 Å². The Morgan fingerprint density at radius 1 is 1.12 bits per heavy atom. The zero-order chi connectivity index (χ0) is 5.86. The maximum atomic E-state index is 9.62. The maximum Gasteiger partial charge on any atom is 0.320 e. The minimum Gasteiger partial charge on any atom is -0.351 e. The number of carbonyl (C=O) groups is 2. The van der Waals surface area contributed by atoms with Crippen molar-refractivity contribution < 1.29 is 26.7 Å². The van der Waals surface area contributed by atoms with Gasteiger partial charge in [-0.3, -0.25) is 5.32 Å². The molecule has 0 aromatic rings. The summed E-state index contributed by atoms with van der Waals surface area (Å²) < 4.78 is 0. The van der Waals surface area contributed by atoms with E-state index in [1.165, 1.54) is 0 Å². The Morgan fingerprint density at radius 3 is 1.38 bits per heavy atom. The summed E-state index contributed by atoms with van der Waals surface area (Å²) in [6.45, 7) is 0. The van der Waals surface area contributed by atoms with E-state index in [2.05, 4.69) is 11.5 Å². The number of primary amides is 2. The van der Waals surface area contributed by atoms with Crippen molar-refractivity contribution in [3.63, 3.8) is 0 Å². The predicted molar refractivity (Wildman–Crippen MR) is 22.3 cm³/mol. The summed E-state index contributed by atoms with van der Waals surface area (Å²) >= 11 is 0. The fourth-order valence-corrected chi connectivity index (χ4v) is 0.121. The number of hydrogen-bond acceptors (Lipinski definition) is 2. The molecule has 48 valence electrons. The Kier molecular flexibility index (Phi) is 5.68. The number of imide groups is 1. The number of rotatable bonds is 0. The minimum atomic E-state index is -0.938. The number of nitrogens with two attached hydrogens (primary N) is 2. The summed E-state index contributed by atoms with van der Waals surface area (Å²) in [5, 5.41) is 1.58. The Labute approximate surface area is 56.3 Å². The molecule has 0 aliphatic rings. The summed E-state index contributed by atoms with van der Waals surface area (Å²) in [4.78, 5) is 19.2. The average molecular weight is 159 g/mol. The molecule has 0 heterocycles. The van der Waals surface area contributed by atoms with Gasteiger partial charge in [0.2, 0.25) is 0 Å². The van der Waals surface area contributed by atoms with Crippen LogP contribution in [-0.2, 0) is 17.1 Å². The molecule has 0 bridgehead atoms. The average Bonchev–Trinajstić information content (AvgIpc) is 1.27. The number of nitrogens with one attached hydrogen (secondary N) is 1. The third kappa shape index (κ3) is 8.98. The third-order valence-electron chi connectivity index (χ3n) is 0.246. The summed E-state index contributed by atoms with van der Waals surface area (Å²) in [7, 11) is 0. The van der Waals surface area contributed by atoms with E-state index in [1.807, 2.05) is 0 Å². The van der Waals surface area contributed by atoms with Crippen LogP contribution in [-0.4, -0.2) is 12.1 Å². The fourth-order valence-electron chi connectivity index (χ4n) is 0.121. The first-order valence-corrected chi connectivity index (χ1v) is 1.49. The van der Waals surface area contributed by atoms with Crippen molar-refractivity contribution in [1.82, 2.24) is 5.32 Å². The summed E-state index contributed by atoms with van der Waals surface area (Å²) in [6.07, 6.45) is 0. The van der Waals surface area contributed by atoms with E-state index in [1.54, 1.807) is 5.32 Å². The van der Waals surface area contributed by atoms with Gasteiger partial charge >= 0.3 is 12.1 Å². The van der Waals surface area contributed by atoms with Crippen molar-refractivity contribution in [2.45, 2.75) is 0 Å². The molecule has 0 atom stereocenters. The molecule has 0 aromatic heterocycles. The van der Waals surface area contributed by atoms with Gasteiger partial charge in [0, 0.05) is 17.1 Å². The van der Waals surface area contributed by atoms with Crippen molar-refractivity contribution >= 4 is 12.1 Å². The molecular weight excluding hydrogens is 154 g/mol. The molecule has 0 radical (unpaired) electrons. The Hall–Kier alpha value is -0.741. The standard InChI is InChI=1S/C2H5N3O2.Fe/c3-1(6)5-2(4)7;/h(H5,3,4,5,6,7);. The van der Waals surface area contributed by atoms with E-state index in [0.29, 0.717) is 0 Å². The van der Waals surface area contributed by atoms with Gasteiger partial charge in [-0.25, -0.2) is 9.59 Å². The molecule has 0 rings (SSSR count). The predicted octanol–water partition coefficient (Wildman–Crippen LogP) is -1.27.